The van der Waals surface area contributed by atoms with Gasteiger partial charge in [0.1, 0.15) is 0 Å². The van der Waals surface area contributed by atoms with Gasteiger partial charge in [0.15, 0.2) is 0 Å². The molecule has 0 bridgehead atoms. The lowest BCUT2D eigenvalue weighted by Gasteiger charge is -2.28. The molecule has 1 fully saturated rings. The van der Waals surface area contributed by atoms with Gasteiger partial charge in [0.25, 0.3) is 0 Å². The van der Waals surface area contributed by atoms with E-state index in [1.807, 2.05) is 36.7 Å². The largest absolute Gasteiger partial charge is 0.352 e. The summed E-state index contributed by atoms with van der Waals surface area (Å²) in [5, 5.41) is 9.17. The summed E-state index contributed by atoms with van der Waals surface area (Å²) in [5.74, 6) is 0. The van der Waals surface area contributed by atoms with E-state index in [4.69, 9.17) is 0 Å². The number of nitrogens with zero attached hydrogens (tertiary/aromatic N) is 4. The molecular weight excluding hydrogens is 286 g/mol. The maximum Gasteiger partial charge on any atom is 0.0770 e. The van der Waals surface area contributed by atoms with E-state index >= 15 is 0 Å². The highest BCUT2D eigenvalue weighted by Gasteiger charge is 2.18. The smallest absolute Gasteiger partial charge is 0.0770 e. The van der Waals surface area contributed by atoms with Gasteiger partial charge in [0, 0.05) is 23.5 Å². The van der Waals surface area contributed by atoms with Crippen molar-refractivity contribution in [2.45, 2.75) is 18.9 Å². The van der Waals surface area contributed by atoms with Crippen molar-refractivity contribution in [3.63, 3.8) is 0 Å². The Kier molecular flexibility index (Phi) is 3.71. The molecule has 1 N–H and O–H groups in total. The van der Waals surface area contributed by atoms with Crippen molar-refractivity contribution in [2.75, 3.05) is 25.5 Å². The van der Waals surface area contributed by atoms with Crippen LogP contribution in [0.4, 0.5) is 11.4 Å². The van der Waals surface area contributed by atoms with E-state index in [1.165, 1.54) is 0 Å². The van der Waals surface area contributed by atoms with Crippen LogP contribution in [-0.4, -0.2) is 39.8 Å². The summed E-state index contributed by atoms with van der Waals surface area (Å²) in [4.78, 5) is 6.78. The average Bonchev–Trinajstić information content (AvgIpc) is 3.04. The lowest BCUT2D eigenvalue weighted by molar-refractivity contribution is 0.212. The molecule has 23 heavy (non-hydrogen) atoms. The SMILES string of the molecule is CN1CCC(n2cc(Nc3ccnc4ccccc34)cn2)CC1. The fourth-order valence-electron chi connectivity index (χ4n) is 3.22. The minimum absolute atomic E-state index is 0.510. The molecule has 1 saturated heterocycles. The van der Waals surface area contributed by atoms with Crippen LogP contribution in [0.5, 0.6) is 0 Å². The minimum atomic E-state index is 0.510. The Hall–Kier alpha value is -2.40. The predicted octanol–water partition coefficient (Wildman–Crippen LogP) is 3.44. The van der Waals surface area contributed by atoms with Gasteiger partial charge in [-0.05, 0) is 45.1 Å². The van der Waals surface area contributed by atoms with Crippen LogP contribution in [0.25, 0.3) is 10.9 Å². The number of likely N-dealkylation sites (tertiary alicyclic amines) is 1. The van der Waals surface area contributed by atoms with E-state index in [0.29, 0.717) is 6.04 Å². The average molecular weight is 307 g/mol. The maximum absolute atomic E-state index is 4.56. The fraction of sp³-hybridized carbons (Fsp3) is 0.333. The third kappa shape index (κ3) is 2.92. The van der Waals surface area contributed by atoms with Gasteiger partial charge >= 0.3 is 0 Å². The van der Waals surface area contributed by atoms with E-state index in [1.54, 1.807) is 0 Å². The first-order valence-electron chi connectivity index (χ1n) is 8.13. The highest BCUT2D eigenvalue weighted by atomic mass is 15.3. The van der Waals surface area contributed by atoms with E-state index < -0.39 is 0 Å². The molecule has 1 aromatic carbocycles. The number of fused-ring (bicyclic) bond motifs is 1. The minimum Gasteiger partial charge on any atom is -0.352 e. The zero-order valence-electron chi connectivity index (χ0n) is 13.3. The van der Waals surface area contributed by atoms with Gasteiger partial charge in [-0.15, -0.1) is 0 Å². The number of hydrogen-bond donors (Lipinski definition) is 1. The third-order valence-electron chi connectivity index (χ3n) is 4.59. The number of para-hydroxylation sites is 1. The molecular formula is C18H21N5. The molecule has 5 heteroatoms. The van der Waals surface area contributed by atoms with Crippen LogP contribution in [0.15, 0.2) is 48.9 Å². The quantitative estimate of drug-likeness (QED) is 0.805. The summed E-state index contributed by atoms with van der Waals surface area (Å²) in [6, 6.07) is 10.7. The second-order valence-electron chi connectivity index (χ2n) is 6.24. The van der Waals surface area contributed by atoms with Crippen LogP contribution in [0, 0.1) is 0 Å². The number of nitrogens with one attached hydrogen (secondary N) is 1. The van der Waals surface area contributed by atoms with Crippen LogP contribution < -0.4 is 5.32 Å². The van der Waals surface area contributed by atoms with Crippen LogP contribution in [0.1, 0.15) is 18.9 Å². The molecule has 5 nitrogen and oxygen atoms in total. The molecule has 0 aliphatic carbocycles. The van der Waals surface area contributed by atoms with Crippen LogP contribution >= 0.6 is 0 Å². The monoisotopic (exact) mass is 307 g/mol. The molecule has 3 aromatic rings. The highest BCUT2D eigenvalue weighted by molar-refractivity contribution is 5.92. The van der Waals surface area contributed by atoms with Crippen LogP contribution in [-0.2, 0) is 0 Å². The Morgan fingerprint density at radius 1 is 1.13 bits per heavy atom. The highest BCUT2D eigenvalue weighted by Crippen LogP contribution is 2.26. The van der Waals surface area contributed by atoms with Crippen molar-refractivity contribution < 1.29 is 0 Å². The molecule has 2 aromatic heterocycles. The summed E-state index contributed by atoms with van der Waals surface area (Å²) < 4.78 is 2.11. The molecule has 4 rings (SSSR count). The van der Waals surface area contributed by atoms with Crippen molar-refractivity contribution >= 4 is 22.3 Å². The number of anilines is 2. The zero-order chi connectivity index (χ0) is 15.6. The molecule has 1 aliphatic heterocycles. The standard InChI is InChI=1S/C18H21N5/c1-22-10-7-15(8-11-22)23-13-14(12-20-23)21-18-6-9-19-17-5-3-2-4-16(17)18/h2-6,9,12-13,15H,7-8,10-11H2,1H3,(H,19,21). The predicted molar refractivity (Wildman–Crippen MR) is 93.0 cm³/mol. The molecule has 0 radical (unpaired) electrons. The van der Waals surface area contributed by atoms with E-state index in [2.05, 4.69) is 44.3 Å². The number of hydrogen-bond acceptors (Lipinski definition) is 4. The Morgan fingerprint density at radius 2 is 1.96 bits per heavy atom. The van der Waals surface area contributed by atoms with E-state index in [0.717, 1.165) is 48.2 Å². The Labute approximate surface area is 135 Å². The van der Waals surface area contributed by atoms with Gasteiger partial charge in [0.2, 0.25) is 0 Å². The molecule has 118 valence electrons. The molecule has 0 amide bonds. The summed E-state index contributed by atoms with van der Waals surface area (Å²) >= 11 is 0. The van der Waals surface area contributed by atoms with Gasteiger partial charge in [-0.3, -0.25) is 9.67 Å². The molecule has 0 unspecified atom stereocenters. The lowest BCUT2D eigenvalue weighted by Crippen LogP contribution is -2.31. The molecule has 3 heterocycles. The van der Waals surface area contributed by atoms with Crippen molar-refractivity contribution in [1.29, 1.82) is 0 Å². The first kappa shape index (κ1) is 14.2. The Bertz CT molecular complexity index is 797. The summed E-state index contributed by atoms with van der Waals surface area (Å²) in [5.41, 5.74) is 3.10. The summed E-state index contributed by atoms with van der Waals surface area (Å²) in [6.07, 6.45) is 8.19. The van der Waals surface area contributed by atoms with E-state index in [-0.39, 0.29) is 0 Å². The maximum atomic E-state index is 4.56. The Balaban J connectivity index is 1.55. The van der Waals surface area contributed by atoms with E-state index in [9.17, 15) is 0 Å². The topological polar surface area (TPSA) is 46.0 Å². The van der Waals surface area contributed by atoms with Crippen LogP contribution in [0.3, 0.4) is 0 Å². The molecule has 0 spiro atoms. The Morgan fingerprint density at radius 3 is 2.83 bits per heavy atom. The van der Waals surface area contributed by atoms with Crippen molar-refractivity contribution in [3.8, 4) is 0 Å². The van der Waals surface area contributed by atoms with Crippen LogP contribution in [0.2, 0.25) is 0 Å². The van der Waals surface area contributed by atoms with Gasteiger partial charge in [-0.25, -0.2) is 0 Å². The van der Waals surface area contributed by atoms with Gasteiger partial charge in [-0.1, -0.05) is 18.2 Å². The number of rotatable bonds is 3. The van der Waals surface area contributed by atoms with Gasteiger partial charge in [-0.2, -0.15) is 5.10 Å². The molecule has 1 aliphatic rings. The first-order valence-corrected chi connectivity index (χ1v) is 8.13. The zero-order valence-corrected chi connectivity index (χ0v) is 13.3. The summed E-state index contributed by atoms with van der Waals surface area (Å²) in [6.45, 7) is 2.28. The summed E-state index contributed by atoms with van der Waals surface area (Å²) in [7, 11) is 2.18. The number of benzene rings is 1. The number of pyridine rings is 1. The van der Waals surface area contributed by atoms with Gasteiger partial charge in [0.05, 0.1) is 23.4 Å². The van der Waals surface area contributed by atoms with Crippen molar-refractivity contribution in [3.05, 3.63) is 48.9 Å². The molecule has 0 saturated carbocycles. The lowest BCUT2D eigenvalue weighted by atomic mass is 10.1. The molecule has 0 atom stereocenters. The normalized spacial score (nSPS) is 16.7. The second kappa shape index (κ2) is 6.01. The van der Waals surface area contributed by atoms with Crippen molar-refractivity contribution in [1.82, 2.24) is 19.7 Å². The number of aromatic nitrogens is 3. The van der Waals surface area contributed by atoms with Gasteiger partial charge < -0.3 is 10.2 Å². The fourth-order valence-corrected chi connectivity index (χ4v) is 3.22. The van der Waals surface area contributed by atoms with Crippen molar-refractivity contribution in [2.24, 2.45) is 0 Å². The third-order valence-corrected chi connectivity index (χ3v) is 4.59. The number of piperidine rings is 1. The first-order chi connectivity index (χ1) is 11.3. The second-order valence-corrected chi connectivity index (χ2v) is 6.24.